The second-order valence-electron chi connectivity index (χ2n) is 12.6. The summed E-state index contributed by atoms with van der Waals surface area (Å²) in [6.45, 7) is 16.5. The number of piperidine rings is 1. The molecule has 13 heteroatoms. The lowest BCUT2D eigenvalue weighted by atomic mass is 10.0. The number of likely N-dealkylation sites (N-methyl/N-ethyl adjacent to an activating group) is 1. The number of carboxylic acid groups (broad SMARTS) is 1. The predicted molar refractivity (Wildman–Crippen MR) is 191 cm³/mol. The Bertz CT molecular complexity index is 1820. The zero-order valence-electron chi connectivity index (χ0n) is 28.5. The fourth-order valence-corrected chi connectivity index (χ4v) is 7.15. The number of hydrogen-bond acceptors (Lipinski definition) is 9. The van der Waals surface area contributed by atoms with Crippen LogP contribution in [0.1, 0.15) is 69.6 Å². The third kappa shape index (κ3) is 8.08. The van der Waals surface area contributed by atoms with Crippen LogP contribution in [0.25, 0.3) is 32.7 Å². The van der Waals surface area contributed by atoms with Gasteiger partial charge in [0.25, 0.3) is 0 Å². The summed E-state index contributed by atoms with van der Waals surface area (Å²) in [6, 6.07) is 3.09. The first-order chi connectivity index (χ1) is 23.1. The molecule has 256 valence electrons. The second kappa shape index (κ2) is 15.8. The number of thiazole rings is 1. The molecule has 0 saturated carbocycles. The van der Waals surface area contributed by atoms with Crippen molar-refractivity contribution in [2.45, 2.75) is 59.9 Å². The van der Waals surface area contributed by atoms with Gasteiger partial charge < -0.3 is 24.8 Å². The van der Waals surface area contributed by atoms with E-state index in [4.69, 9.17) is 9.97 Å². The van der Waals surface area contributed by atoms with Crippen LogP contribution in [0, 0.1) is 5.92 Å². The van der Waals surface area contributed by atoms with Gasteiger partial charge >= 0.3 is 12.0 Å². The standard InChI is InChI=1S/C35H46N8O4S/c1-6-36-35(47)40-30-16-26(33-39-24(21-48-33)14-22(4)5)28(18-37-30)23-15-27-31(44)29(34(45)46)20-43(32(27)38-17-23)25-10-9-11-42(19-25)13-12-41(7-2)8-3/h15-18,20-22,25H,6-14,19H2,1-5H3,(H,45,46)(H2,36,37,40,47). The van der Waals surface area contributed by atoms with Gasteiger partial charge in [0.1, 0.15) is 22.0 Å². The first-order valence-corrected chi connectivity index (χ1v) is 17.7. The van der Waals surface area contributed by atoms with Gasteiger partial charge in [-0.2, -0.15) is 0 Å². The van der Waals surface area contributed by atoms with E-state index in [1.54, 1.807) is 24.5 Å². The SMILES string of the molecule is CCNC(=O)Nc1cc(-c2nc(CC(C)C)cs2)c(-c2cnc3c(c2)c(=O)c(C(=O)O)cn3C2CCCN(CCN(CC)CC)C2)cn1. The number of likely N-dealkylation sites (tertiary alicyclic amines) is 1. The van der Waals surface area contributed by atoms with Crippen molar-refractivity contribution < 1.29 is 14.7 Å². The van der Waals surface area contributed by atoms with Crippen molar-refractivity contribution in [1.29, 1.82) is 0 Å². The number of anilines is 1. The predicted octanol–water partition coefficient (Wildman–Crippen LogP) is 5.60. The topological polar surface area (TPSA) is 146 Å². The summed E-state index contributed by atoms with van der Waals surface area (Å²) in [5.74, 6) is -0.480. The van der Waals surface area contributed by atoms with Crippen LogP contribution in [-0.2, 0) is 6.42 Å². The molecule has 4 aromatic heterocycles. The van der Waals surface area contributed by atoms with Gasteiger partial charge in [-0.05, 0) is 63.9 Å². The van der Waals surface area contributed by atoms with Crippen LogP contribution in [0.4, 0.5) is 10.6 Å². The van der Waals surface area contributed by atoms with E-state index in [1.807, 2.05) is 16.9 Å². The number of nitrogens with zero attached hydrogens (tertiary/aromatic N) is 6. The van der Waals surface area contributed by atoms with Crippen LogP contribution in [0.3, 0.4) is 0 Å². The molecule has 1 atom stereocenters. The molecule has 48 heavy (non-hydrogen) atoms. The summed E-state index contributed by atoms with van der Waals surface area (Å²) in [7, 11) is 0. The van der Waals surface area contributed by atoms with E-state index in [1.165, 1.54) is 17.5 Å². The molecule has 12 nitrogen and oxygen atoms in total. The average molecular weight is 675 g/mol. The van der Waals surface area contributed by atoms with Gasteiger partial charge in [0.2, 0.25) is 5.43 Å². The van der Waals surface area contributed by atoms with Crippen molar-refractivity contribution in [1.82, 2.24) is 34.6 Å². The van der Waals surface area contributed by atoms with Crippen molar-refractivity contribution in [2.24, 2.45) is 5.92 Å². The zero-order chi connectivity index (χ0) is 34.4. The molecule has 1 aliphatic heterocycles. The molecule has 1 aliphatic rings. The van der Waals surface area contributed by atoms with Crippen molar-refractivity contribution in [2.75, 3.05) is 51.1 Å². The summed E-state index contributed by atoms with van der Waals surface area (Å²) in [6.07, 6.45) is 7.47. The normalized spacial score (nSPS) is 15.4. The molecule has 1 fully saturated rings. The van der Waals surface area contributed by atoms with Gasteiger partial charge in [0, 0.05) is 72.9 Å². The lowest BCUT2D eigenvalue weighted by Crippen LogP contribution is -2.41. The van der Waals surface area contributed by atoms with Gasteiger partial charge in [-0.15, -0.1) is 11.3 Å². The molecule has 0 aromatic carbocycles. The van der Waals surface area contributed by atoms with Crippen LogP contribution in [-0.4, -0.2) is 92.2 Å². The molecular weight excluding hydrogens is 629 g/mol. The highest BCUT2D eigenvalue weighted by Crippen LogP contribution is 2.36. The maximum atomic E-state index is 13.7. The number of carbonyl (C=O) groups excluding carboxylic acids is 1. The highest BCUT2D eigenvalue weighted by molar-refractivity contribution is 7.13. The van der Waals surface area contributed by atoms with Gasteiger partial charge in [-0.3, -0.25) is 10.1 Å². The number of urea groups is 1. The molecule has 0 bridgehead atoms. The number of hydrogen-bond donors (Lipinski definition) is 3. The molecule has 0 radical (unpaired) electrons. The van der Waals surface area contributed by atoms with E-state index in [0.717, 1.165) is 74.8 Å². The first-order valence-electron chi connectivity index (χ1n) is 16.8. The molecule has 4 aromatic rings. The van der Waals surface area contributed by atoms with Crippen LogP contribution in [0.2, 0.25) is 0 Å². The molecule has 3 N–H and O–H groups in total. The monoisotopic (exact) mass is 674 g/mol. The number of amides is 2. The summed E-state index contributed by atoms with van der Waals surface area (Å²) in [5, 5.41) is 18.6. The van der Waals surface area contributed by atoms with Crippen molar-refractivity contribution in [3.8, 4) is 21.7 Å². The van der Waals surface area contributed by atoms with E-state index in [0.29, 0.717) is 35.1 Å². The quantitative estimate of drug-likeness (QED) is 0.165. The Hall–Kier alpha value is -4.20. The maximum Gasteiger partial charge on any atom is 0.341 e. The van der Waals surface area contributed by atoms with E-state index in [9.17, 15) is 19.5 Å². The molecule has 5 rings (SSSR count). The summed E-state index contributed by atoms with van der Waals surface area (Å²) in [4.78, 5) is 57.3. The van der Waals surface area contributed by atoms with Crippen LogP contribution >= 0.6 is 11.3 Å². The fourth-order valence-electron chi connectivity index (χ4n) is 6.29. The highest BCUT2D eigenvalue weighted by atomic mass is 32.1. The smallest absolute Gasteiger partial charge is 0.341 e. The van der Waals surface area contributed by atoms with Crippen LogP contribution in [0.15, 0.2) is 40.9 Å². The molecule has 2 amide bonds. The van der Waals surface area contributed by atoms with E-state index >= 15 is 0 Å². The maximum absolute atomic E-state index is 13.7. The largest absolute Gasteiger partial charge is 0.477 e. The Morgan fingerprint density at radius 1 is 1.12 bits per heavy atom. The fraction of sp³-hybridized carbons (Fsp3) is 0.486. The molecule has 1 saturated heterocycles. The van der Waals surface area contributed by atoms with Gasteiger partial charge in [0.05, 0.1) is 11.1 Å². The number of rotatable bonds is 13. The number of nitrogens with one attached hydrogen (secondary N) is 2. The van der Waals surface area contributed by atoms with E-state index in [-0.39, 0.29) is 23.0 Å². The Morgan fingerprint density at radius 3 is 2.62 bits per heavy atom. The number of pyridine rings is 3. The number of carboxylic acids is 1. The van der Waals surface area contributed by atoms with Crippen molar-refractivity contribution in [3.05, 3.63) is 57.6 Å². The summed E-state index contributed by atoms with van der Waals surface area (Å²) >= 11 is 1.50. The minimum absolute atomic E-state index is 0.0263. The summed E-state index contributed by atoms with van der Waals surface area (Å²) < 4.78 is 1.89. The van der Waals surface area contributed by atoms with Crippen LogP contribution < -0.4 is 16.1 Å². The molecule has 0 spiro atoms. The minimum Gasteiger partial charge on any atom is -0.477 e. The molecule has 5 heterocycles. The Labute approximate surface area is 285 Å². The Balaban J connectivity index is 1.58. The Kier molecular flexibility index (Phi) is 11.6. The summed E-state index contributed by atoms with van der Waals surface area (Å²) in [5.41, 5.74) is 2.57. The van der Waals surface area contributed by atoms with Crippen LogP contribution in [0.5, 0.6) is 0 Å². The highest BCUT2D eigenvalue weighted by Gasteiger charge is 2.26. The molecule has 1 unspecified atom stereocenters. The Morgan fingerprint density at radius 2 is 1.92 bits per heavy atom. The molecule has 0 aliphatic carbocycles. The van der Waals surface area contributed by atoms with Gasteiger partial charge in [0.15, 0.2) is 0 Å². The van der Waals surface area contributed by atoms with Gasteiger partial charge in [-0.25, -0.2) is 24.5 Å². The zero-order valence-corrected chi connectivity index (χ0v) is 29.3. The number of aromatic carboxylic acids is 1. The van der Waals surface area contributed by atoms with Crippen molar-refractivity contribution >= 4 is 40.2 Å². The third-order valence-electron chi connectivity index (χ3n) is 8.79. The third-order valence-corrected chi connectivity index (χ3v) is 9.72. The number of aromatic nitrogens is 4. The minimum atomic E-state index is -1.26. The lowest BCUT2D eigenvalue weighted by Gasteiger charge is -2.35. The van der Waals surface area contributed by atoms with E-state index in [2.05, 4.69) is 53.1 Å². The lowest BCUT2D eigenvalue weighted by molar-refractivity contribution is 0.0694. The number of fused-ring (bicyclic) bond motifs is 1. The van der Waals surface area contributed by atoms with Crippen molar-refractivity contribution in [3.63, 3.8) is 0 Å². The van der Waals surface area contributed by atoms with Gasteiger partial charge in [-0.1, -0.05) is 27.7 Å². The first kappa shape index (κ1) is 35.1. The second-order valence-corrected chi connectivity index (χ2v) is 13.5. The number of carbonyl (C=O) groups is 2. The van der Waals surface area contributed by atoms with E-state index < -0.39 is 11.4 Å². The molecular formula is C35H46N8O4S. The average Bonchev–Trinajstić information content (AvgIpc) is 3.53.